The minimum absolute atomic E-state index is 0.507. The van der Waals surface area contributed by atoms with Crippen LogP contribution in [0.4, 0.5) is 0 Å². The minimum Gasteiger partial charge on any atom is -0.493 e. The van der Waals surface area contributed by atoms with E-state index < -0.39 is 0 Å². The van der Waals surface area contributed by atoms with Gasteiger partial charge >= 0.3 is 0 Å². The quantitative estimate of drug-likeness (QED) is 0.642. The summed E-state index contributed by atoms with van der Waals surface area (Å²) in [5.41, 5.74) is 4.24. The molecule has 0 saturated heterocycles. The molecule has 0 spiro atoms. The highest BCUT2D eigenvalue weighted by Gasteiger charge is 2.44. The maximum atomic E-state index is 6.15. The molecule has 0 aromatic heterocycles. The van der Waals surface area contributed by atoms with Gasteiger partial charge in [0.25, 0.3) is 0 Å². The number of likely N-dealkylation sites (N-methyl/N-ethyl adjacent to an activating group) is 1. The van der Waals surface area contributed by atoms with Crippen molar-refractivity contribution in [2.24, 2.45) is 5.92 Å². The molecule has 0 radical (unpaired) electrons. The molecule has 1 saturated carbocycles. The molecule has 1 fully saturated rings. The van der Waals surface area contributed by atoms with Gasteiger partial charge in [-0.2, -0.15) is 0 Å². The van der Waals surface area contributed by atoms with Gasteiger partial charge in [0.1, 0.15) is 0 Å². The van der Waals surface area contributed by atoms with Gasteiger partial charge < -0.3 is 9.47 Å². The Balaban J connectivity index is 1.78. The molecule has 1 aliphatic heterocycles. The molecule has 1 heterocycles. The lowest BCUT2D eigenvalue weighted by Crippen LogP contribution is -2.47. The van der Waals surface area contributed by atoms with E-state index in [2.05, 4.69) is 43.1 Å². The summed E-state index contributed by atoms with van der Waals surface area (Å²) in [5.74, 6) is 3.34. The van der Waals surface area contributed by atoms with Crippen LogP contribution >= 0.6 is 11.6 Å². The second-order valence-corrected chi connectivity index (χ2v) is 8.66. The average Bonchev–Trinajstić information content (AvgIpc) is 2.72. The molecule has 3 nitrogen and oxygen atoms in total. The maximum Gasteiger partial charge on any atom is 0.161 e. The lowest BCUT2D eigenvalue weighted by Gasteiger charge is -2.50. The zero-order valence-electron chi connectivity index (χ0n) is 17.2. The van der Waals surface area contributed by atoms with Crippen LogP contribution in [0.1, 0.15) is 54.7 Å². The van der Waals surface area contributed by atoms with E-state index in [4.69, 9.17) is 21.1 Å². The van der Waals surface area contributed by atoms with Gasteiger partial charge in [0.15, 0.2) is 11.5 Å². The molecule has 1 aliphatic carbocycles. The van der Waals surface area contributed by atoms with E-state index in [9.17, 15) is 0 Å². The number of fused-ring (bicyclic) bond motifs is 3. The molecule has 4 rings (SSSR count). The first-order chi connectivity index (χ1) is 13.6. The highest BCUT2D eigenvalue weighted by molar-refractivity contribution is 6.30. The second-order valence-electron chi connectivity index (χ2n) is 8.22. The van der Waals surface area contributed by atoms with Gasteiger partial charge in [-0.05, 0) is 72.7 Å². The number of nitrogens with zero attached hydrogens (tertiary/aromatic N) is 1. The van der Waals surface area contributed by atoms with E-state index in [1.54, 1.807) is 14.2 Å². The fourth-order valence-electron chi connectivity index (χ4n) is 5.64. The fourth-order valence-corrected chi connectivity index (χ4v) is 5.77. The molecule has 0 bridgehead atoms. The largest absolute Gasteiger partial charge is 0.493 e. The van der Waals surface area contributed by atoms with Crippen molar-refractivity contribution in [3.63, 3.8) is 0 Å². The van der Waals surface area contributed by atoms with Crippen LogP contribution in [-0.2, 0) is 6.54 Å². The van der Waals surface area contributed by atoms with E-state index in [-0.39, 0.29) is 0 Å². The van der Waals surface area contributed by atoms with Crippen LogP contribution in [0.5, 0.6) is 11.5 Å². The Morgan fingerprint density at radius 1 is 1.04 bits per heavy atom. The van der Waals surface area contributed by atoms with E-state index in [0.717, 1.165) is 29.5 Å². The third kappa shape index (κ3) is 3.29. The molecular weight excluding hydrogens is 370 g/mol. The lowest BCUT2D eigenvalue weighted by atomic mass is 9.62. The van der Waals surface area contributed by atoms with E-state index in [1.165, 1.54) is 29.5 Å². The summed E-state index contributed by atoms with van der Waals surface area (Å²) >= 11 is 6.15. The topological polar surface area (TPSA) is 21.7 Å². The standard InChI is InChI=1S/C24H30ClNO2/c1-5-18-19(15-6-8-17(25)9-7-15)10-11-21-24(18)20-13-23(28-4)22(27-3)12-16(20)14-26(21)2/h6-9,12-13,18-19,21,24H,5,10-11,14H2,1-4H3. The highest BCUT2D eigenvalue weighted by Crippen LogP contribution is 2.53. The molecule has 150 valence electrons. The first-order valence-electron chi connectivity index (χ1n) is 10.3. The van der Waals surface area contributed by atoms with Gasteiger partial charge in [0.2, 0.25) is 0 Å². The molecule has 0 amide bonds. The Morgan fingerprint density at radius 3 is 2.36 bits per heavy atom. The van der Waals surface area contributed by atoms with Crippen LogP contribution in [0, 0.1) is 5.92 Å². The van der Waals surface area contributed by atoms with Crippen molar-refractivity contribution in [1.29, 1.82) is 0 Å². The zero-order valence-corrected chi connectivity index (χ0v) is 18.0. The van der Waals surface area contributed by atoms with Gasteiger partial charge in [0, 0.05) is 23.5 Å². The number of rotatable bonds is 4. The molecular formula is C24H30ClNO2. The number of benzene rings is 2. The van der Waals surface area contributed by atoms with Crippen LogP contribution in [0.2, 0.25) is 5.02 Å². The summed E-state index contributed by atoms with van der Waals surface area (Å²) < 4.78 is 11.2. The minimum atomic E-state index is 0.507. The van der Waals surface area contributed by atoms with Crippen molar-refractivity contribution in [1.82, 2.24) is 4.90 Å². The van der Waals surface area contributed by atoms with Gasteiger partial charge in [-0.15, -0.1) is 0 Å². The summed E-state index contributed by atoms with van der Waals surface area (Å²) in [7, 11) is 5.71. The van der Waals surface area contributed by atoms with Crippen molar-refractivity contribution in [3.8, 4) is 11.5 Å². The number of ether oxygens (including phenoxy) is 2. The Hall–Kier alpha value is -1.71. The normalized spacial score (nSPS) is 27.0. The Labute approximate surface area is 173 Å². The molecule has 4 heteroatoms. The average molecular weight is 400 g/mol. The second kappa shape index (κ2) is 7.96. The van der Waals surface area contributed by atoms with Crippen molar-refractivity contribution in [2.45, 2.75) is 50.6 Å². The summed E-state index contributed by atoms with van der Waals surface area (Å²) in [4.78, 5) is 2.54. The predicted octanol–water partition coefficient (Wildman–Crippen LogP) is 5.86. The molecule has 4 atom stereocenters. The Bertz CT molecular complexity index is 835. The first kappa shape index (κ1) is 19.6. The lowest BCUT2D eigenvalue weighted by molar-refractivity contribution is 0.0905. The van der Waals surface area contributed by atoms with Crippen molar-refractivity contribution < 1.29 is 9.47 Å². The smallest absolute Gasteiger partial charge is 0.161 e. The monoisotopic (exact) mass is 399 g/mol. The van der Waals surface area contributed by atoms with Gasteiger partial charge in [-0.3, -0.25) is 4.90 Å². The molecule has 2 aromatic rings. The van der Waals surface area contributed by atoms with Crippen LogP contribution < -0.4 is 9.47 Å². The van der Waals surface area contributed by atoms with Crippen molar-refractivity contribution >= 4 is 11.6 Å². The highest BCUT2D eigenvalue weighted by atomic mass is 35.5. The molecule has 4 unspecified atom stereocenters. The maximum absolute atomic E-state index is 6.15. The van der Waals surface area contributed by atoms with Crippen LogP contribution in [0.3, 0.4) is 0 Å². The van der Waals surface area contributed by atoms with Crippen molar-refractivity contribution in [2.75, 3.05) is 21.3 Å². The zero-order chi connectivity index (χ0) is 19.8. The molecule has 28 heavy (non-hydrogen) atoms. The van der Waals surface area contributed by atoms with Gasteiger partial charge in [-0.1, -0.05) is 37.1 Å². The van der Waals surface area contributed by atoms with E-state index in [0.29, 0.717) is 23.8 Å². The number of hydrogen-bond donors (Lipinski definition) is 0. The summed E-state index contributed by atoms with van der Waals surface area (Å²) in [6.45, 7) is 3.31. The number of halogens is 1. The van der Waals surface area contributed by atoms with Crippen molar-refractivity contribution in [3.05, 3.63) is 58.1 Å². The third-order valence-electron chi connectivity index (χ3n) is 6.93. The number of hydrogen-bond acceptors (Lipinski definition) is 3. The van der Waals surface area contributed by atoms with E-state index in [1.807, 2.05) is 12.1 Å². The molecule has 2 aliphatic rings. The Morgan fingerprint density at radius 2 is 1.71 bits per heavy atom. The van der Waals surface area contributed by atoms with Gasteiger partial charge in [0.05, 0.1) is 14.2 Å². The first-order valence-corrected chi connectivity index (χ1v) is 10.7. The Kier molecular flexibility index (Phi) is 5.57. The summed E-state index contributed by atoms with van der Waals surface area (Å²) in [5, 5.41) is 0.810. The van der Waals surface area contributed by atoms with Crippen LogP contribution in [0.15, 0.2) is 36.4 Å². The fraction of sp³-hybridized carbons (Fsp3) is 0.500. The summed E-state index contributed by atoms with van der Waals surface area (Å²) in [6.07, 6.45) is 3.61. The number of methoxy groups -OCH3 is 2. The van der Waals surface area contributed by atoms with E-state index >= 15 is 0 Å². The summed E-state index contributed by atoms with van der Waals surface area (Å²) in [6, 6.07) is 13.5. The van der Waals surface area contributed by atoms with Crippen LogP contribution in [-0.4, -0.2) is 32.2 Å². The third-order valence-corrected chi connectivity index (χ3v) is 7.18. The predicted molar refractivity (Wildman–Crippen MR) is 115 cm³/mol. The van der Waals surface area contributed by atoms with Gasteiger partial charge in [-0.25, -0.2) is 0 Å². The molecule has 2 aromatic carbocycles. The SMILES string of the molecule is CCC1C(c2ccc(Cl)cc2)CCC2C1c1cc(OC)c(OC)cc1CN2C. The molecule has 0 N–H and O–H groups in total. The van der Waals surface area contributed by atoms with Crippen LogP contribution in [0.25, 0.3) is 0 Å².